The molecule has 11 heteroatoms. The number of hydrogen-bond acceptors (Lipinski definition) is 8. The van der Waals surface area contributed by atoms with Crippen LogP contribution in [0, 0.1) is 24.2 Å². The standard InChI is InChI=1S/C27H36F3NO6S/c1-14-8-7-9-26(27(28,29)30)21(37-26)11-19(15(2)10-18-13-38-17(4)31-18)36-22(33)12-20(32)25(5,6)24(35)16(3)23(14)34/h7-8,10,13-14,16,19-21,23,32,34H,9,11-12H2,1-6H3/t14-,16+,19-,20-,21-,23-,26+/m0/s1. The van der Waals surface area contributed by atoms with Gasteiger partial charge < -0.3 is 19.7 Å². The number of nitrogens with zero attached hydrogens (tertiary/aromatic N) is 1. The van der Waals surface area contributed by atoms with Crippen molar-refractivity contribution in [3.63, 3.8) is 0 Å². The summed E-state index contributed by atoms with van der Waals surface area (Å²) in [5.74, 6) is -2.91. The predicted octanol–water partition coefficient (Wildman–Crippen LogP) is 4.80. The second-order valence-corrected chi connectivity index (χ2v) is 12.0. The van der Waals surface area contributed by atoms with Crippen LogP contribution in [-0.2, 0) is 19.1 Å². The Morgan fingerprint density at radius 3 is 2.47 bits per heavy atom. The number of carbonyl (C=O) groups excluding carboxylic acids is 2. The molecule has 2 aliphatic heterocycles. The number of aryl methyl sites for hydroxylation is 1. The van der Waals surface area contributed by atoms with Crippen LogP contribution in [-0.4, -0.2) is 63.1 Å². The normalized spacial score (nSPS) is 35.5. The number of ketones is 1. The summed E-state index contributed by atoms with van der Waals surface area (Å²) >= 11 is 1.41. The van der Waals surface area contributed by atoms with E-state index in [1.54, 1.807) is 25.3 Å². The minimum absolute atomic E-state index is 0.252. The molecule has 2 N–H and O–H groups in total. The highest BCUT2D eigenvalue weighted by atomic mass is 32.1. The van der Waals surface area contributed by atoms with Gasteiger partial charge in [0.25, 0.3) is 0 Å². The second-order valence-electron chi connectivity index (χ2n) is 11.0. The van der Waals surface area contributed by atoms with E-state index in [4.69, 9.17) is 9.47 Å². The molecule has 7 nitrogen and oxygen atoms in total. The van der Waals surface area contributed by atoms with Crippen LogP contribution in [0.5, 0.6) is 0 Å². The van der Waals surface area contributed by atoms with Crippen LogP contribution < -0.4 is 0 Å². The van der Waals surface area contributed by atoms with E-state index in [1.807, 2.05) is 6.92 Å². The van der Waals surface area contributed by atoms with E-state index < -0.39 is 78.0 Å². The fourth-order valence-corrected chi connectivity index (χ4v) is 5.42. The van der Waals surface area contributed by atoms with Gasteiger partial charge in [0.05, 0.1) is 34.7 Å². The number of hydrogen-bond donors (Lipinski definition) is 2. The van der Waals surface area contributed by atoms with Gasteiger partial charge >= 0.3 is 12.1 Å². The SMILES string of the molecule is CC(=Cc1csc(C)n1)[C@@H]1C[C@@H]2O[C@]2(C(F)(F)F)CC=C[C@H](C)[C@H](O)[C@@H](C)C(=O)C(C)(C)[C@@H](O)CC(=O)O1. The van der Waals surface area contributed by atoms with Gasteiger partial charge in [-0.25, -0.2) is 4.98 Å². The van der Waals surface area contributed by atoms with Gasteiger partial charge in [-0.1, -0.05) is 39.8 Å². The lowest BCUT2D eigenvalue weighted by atomic mass is 9.73. The van der Waals surface area contributed by atoms with Gasteiger partial charge in [0.1, 0.15) is 18.0 Å². The summed E-state index contributed by atoms with van der Waals surface area (Å²) in [4.78, 5) is 30.4. The first-order valence-corrected chi connectivity index (χ1v) is 13.5. The van der Waals surface area contributed by atoms with Crippen molar-refractivity contribution in [3.8, 4) is 0 Å². The van der Waals surface area contributed by atoms with Crippen molar-refractivity contribution >= 4 is 29.2 Å². The first-order valence-electron chi connectivity index (χ1n) is 12.6. The minimum Gasteiger partial charge on any atom is -0.458 e. The first kappa shape index (κ1) is 30.5. The molecule has 0 unspecified atom stereocenters. The average Bonchev–Trinajstić information content (AvgIpc) is 3.38. The maximum absolute atomic E-state index is 14.1. The maximum Gasteiger partial charge on any atom is 0.420 e. The van der Waals surface area contributed by atoms with Gasteiger partial charge in [0.15, 0.2) is 5.60 Å². The van der Waals surface area contributed by atoms with Gasteiger partial charge in [-0.2, -0.15) is 13.2 Å². The number of carbonyl (C=O) groups is 2. The quantitative estimate of drug-likeness (QED) is 0.305. The Kier molecular flexibility index (Phi) is 8.97. The molecule has 3 heterocycles. The molecule has 0 radical (unpaired) electrons. The molecule has 0 aromatic carbocycles. The molecule has 1 fully saturated rings. The van der Waals surface area contributed by atoms with Crippen molar-refractivity contribution in [1.82, 2.24) is 4.98 Å². The average molecular weight is 560 g/mol. The van der Waals surface area contributed by atoms with Gasteiger partial charge in [0.2, 0.25) is 0 Å². The third kappa shape index (κ3) is 6.38. The molecular formula is C27H36F3NO6S. The maximum atomic E-state index is 14.1. The van der Waals surface area contributed by atoms with E-state index in [0.717, 1.165) is 5.01 Å². The third-order valence-corrected chi connectivity index (χ3v) is 8.46. The summed E-state index contributed by atoms with van der Waals surface area (Å²) in [5.41, 5.74) is -2.77. The monoisotopic (exact) mass is 559 g/mol. The number of Topliss-reactive ketones (excluding diaryl/α,β-unsaturated/α-hetero) is 1. The highest BCUT2D eigenvalue weighted by molar-refractivity contribution is 7.09. The first-order chi connectivity index (χ1) is 17.5. The summed E-state index contributed by atoms with van der Waals surface area (Å²) in [7, 11) is 0. The summed E-state index contributed by atoms with van der Waals surface area (Å²) in [5, 5.41) is 24.1. The van der Waals surface area contributed by atoms with Gasteiger partial charge in [-0.3, -0.25) is 9.59 Å². The molecule has 0 spiro atoms. The summed E-state index contributed by atoms with van der Waals surface area (Å²) in [6.07, 6.45) is -6.53. The number of aliphatic hydroxyl groups is 2. The molecule has 1 aromatic rings. The number of aromatic nitrogens is 1. The highest BCUT2D eigenvalue weighted by Gasteiger charge is 2.72. The van der Waals surface area contributed by atoms with Gasteiger partial charge in [0, 0.05) is 30.1 Å². The van der Waals surface area contributed by atoms with Crippen LogP contribution in [0.25, 0.3) is 6.08 Å². The Morgan fingerprint density at radius 2 is 1.89 bits per heavy atom. The smallest absolute Gasteiger partial charge is 0.420 e. The molecule has 38 heavy (non-hydrogen) atoms. The fraction of sp³-hybridized carbons (Fsp3) is 0.667. The van der Waals surface area contributed by atoms with Crippen LogP contribution >= 0.6 is 11.3 Å². The number of halogens is 3. The Bertz CT molecular complexity index is 1100. The molecule has 0 bridgehead atoms. The Hall–Kier alpha value is -2.08. The molecule has 0 saturated carbocycles. The Balaban J connectivity index is 1.98. The van der Waals surface area contributed by atoms with Crippen LogP contribution in [0.1, 0.15) is 64.6 Å². The number of aliphatic hydroxyl groups excluding tert-OH is 2. The van der Waals surface area contributed by atoms with Crippen LogP contribution in [0.4, 0.5) is 13.2 Å². The molecule has 2 aliphatic rings. The zero-order valence-electron chi connectivity index (χ0n) is 22.4. The Labute approximate surface area is 224 Å². The summed E-state index contributed by atoms with van der Waals surface area (Å²) < 4.78 is 53.2. The van der Waals surface area contributed by atoms with E-state index in [-0.39, 0.29) is 6.42 Å². The number of fused-ring (bicyclic) bond motifs is 1. The van der Waals surface area contributed by atoms with E-state index in [1.165, 1.54) is 44.3 Å². The molecule has 3 rings (SSSR count). The molecule has 212 valence electrons. The van der Waals surface area contributed by atoms with Crippen molar-refractivity contribution in [3.05, 3.63) is 33.8 Å². The number of alkyl halides is 3. The zero-order chi connectivity index (χ0) is 28.6. The minimum atomic E-state index is -4.68. The zero-order valence-corrected chi connectivity index (χ0v) is 23.2. The topological polar surface area (TPSA) is 109 Å². The number of cyclic esters (lactones) is 1. The van der Waals surface area contributed by atoms with Crippen LogP contribution in [0.3, 0.4) is 0 Å². The number of epoxide rings is 1. The molecule has 7 atom stereocenters. The Morgan fingerprint density at radius 1 is 1.24 bits per heavy atom. The molecule has 0 amide bonds. The van der Waals surface area contributed by atoms with E-state index in [0.29, 0.717) is 11.3 Å². The van der Waals surface area contributed by atoms with Crippen molar-refractivity contribution in [2.45, 2.75) is 97.0 Å². The summed E-state index contributed by atoms with van der Waals surface area (Å²) in [6.45, 7) is 9.53. The number of esters is 1. The van der Waals surface area contributed by atoms with E-state index in [9.17, 15) is 33.0 Å². The number of thiazole rings is 1. The van der Waals surface area contributed by atoms with Crippen molar-refractivity contribution in [2.75, 3.05) is 0 Å². The molecule has 1 saturated heterocycles. The van der Waals surface area contributed by atoms with Gasteiger partial charge in [-0.05, 0) is 25.5 Å². The number of rotatable bonds is 2. The van der Waals surface area contributed by atoms with E-state index in [2.05, 4.69) is 4.98 Å². The molecular weight excluding hydrogens is 523 g/mol. The second kappa shape index (κ2) is 11.2. The molecule has 0 aliphatic carbocycles. The van der Waals surface area contributed by atoms with Crippen molar-refractivity contribution in [1.29, 1.82) is 0 Å². The van der Waals surface area contributed by atoms with Gasteiger partial charge in [-0.15, -0.1) is 11.3 Å². The van der Waals surface area contributed by atoms with Crippen molar-refractivity contribution in [2.24, 2.45) is 17.3 Å². The van der Waals surface area contributed by atoms with Crippen LogP contribution in [0.2, 0.25) is 0 Å². The predicted molar refractivity (Wildman–Crippen MR) is 136 cm³/mol. The lowest BCUT2D eigenvalue weighted by Gasteiger charge is -2.34. The van der Waals surface area contributed by atoms with Crippen LogP contribution in [0.15, 0.2) is 23.1 Å². The number of ether oxygens (including phenoxy) is 2. The van der Waals surface area contributed by atoms with E-state index >= 15 is 0 Å². The lowest BCUT2D eigenvalue weighted by Crippen LogP contribution is -2.45. The van der Waals surface area contributed by atoms with Crippen molar-refractivity contribution < 1.29 is 42.4 Å². The highest BCUT2D eigenvalue weighted by Crippen LogP contribution is 2.54. The largest absolute Gasteiger partial charge is 0.458 e. The lowest BCUT2D eigenvalue weighted by molar-refractivity contribution is -0.183. The fourth-order valence-electron chi connectivity index (χ4n) is 4.85. The summed E-state index contributed by atoms with van der Waals surface area (Å²) in [6, 6.07) is 0. The molecule has 1 aromatic heterocycles. The third-order valence-electron chi connectivity index (χ3n) is 7.67.